The van der Waals surface area contributed by atoms with Crippen LogP contribution in [0.1, 0.15) is 6.42 Å². The number of aliphatic hydroxyl groups is 1. The van der Waals surface area contributed by atoms with Gasteiger partial charge in [0, 0.05) is 36.3 Å². The van der Waals surface area contributed by atoms with E-state index in [2.05, 4.69) is 89.5 Å². The van der Waals surface area contributed by atoms with Gasteiger partial charge >= 0.3 is 0 Å². The number of benzene rings is 3. The standard InChI is InChI=1S/C26H24NO.ClHO4/c28-18-10-17-27-25(22-13-6-2-7-14-22)19-24(21-11-4-1-5-12-21)20-26(27)23-15-8-3-9-16-23;2-1(3,4)5/h1-9,11-16,19-20,28H,10,17-18H2;(H,2,3,4,5)/q+1;/p-1. The number of pyridine rings is 1. The lowest BCUT2D eigenvalue weighted by Crippen LogP contribution is -2.68. The molecule has 1 N–H and O–H groups in total. The molecule has 0 fully saturated rings. The summed E-state index contributed by atoms with van der Waals surface area (Å²) < 4.78 is 36.3. The normalized spacial score (nSPS) is 10.9. The highest BCUT2D eigenvalue weighted by Crippen LogP contribution is 2.29. The molecule has 4 aromatic rings. The maximum Gasteiger partial charge on any atom is 0.213 e. The summed E-state index contributed by atoms with van der Waals surface area (Å²) >= 11 is 0. The van der Waals surface area contributed by atoms with E-state index in [4.69, 9.17) is 18.6 Å². The van der Waals surface area contributed by atoms with Crippen LogP contribution in [0.3, 0.4) is 0 Å². The van der Waals surface area contributed by atoms with E-state index in [0.717, 1.165) is 24.4 Å². The molecule has 0 aliphatic carbocycles. The molecule has 1 aromatic heterocycles. The second kappa shape index (κ2) is 11.7. The first-order valence-electron chi connectivity index (χ1n) is 10.3. The fourth-order valence-corrected chi connectivity index (χ4v) is 3.59. The smallest absolute Gasteiger partial charge is 0.213 e. The van der Waals surface area contributed by atoms with E-state index >= 15 is 0 Å². The maximum atomic E-state index is 9.47. The van der Waals surface area contributed by atoms with Crippen LogP contribution in [-0.4, -0.2) is 11.7 Å². The summed E-state index contributed by atoms with van der Waals surface area (Å²) in [7, 11) is -4.94. The van der Waals surface area contributed by atoms with Gasteiger partial charge < -0.3 is 5.11 Å². The summed E-state index contributed by atoms with van der Waals surface area (Å²) in [6, 6.07) is 36.0. The van der Waals surface area contributed by atoms with E-state index in [-0.39, 0.29) is 6.61 Å². The largest absolute Gasteiger partial charge is 0.396 e. The molecule has 170 valence electrons. The molecular formula is C26H24ClNO5. The van der Waals surface area contributed by atoms with Gasteiger partial charge in [-0.05, 0) is 35.4 Å². The minimum Gasteiger partial charge on any atom is -0.396 e. The highest BCUT2D eigenvalue weighted by atomic mass is 35.7. The van der Waals surface area contributed by atoms with Crippen molar-refractivity contribution in [3.63, 3.8) is 0 Å². The van der Waals surface area contributed by atoms with Crippen molar-refractivity contribution in [2.24, 2.45) is 0 Å². The molecule has 0 radical (unpaired) electrons. The van der Waals surface area contributed by atoms with Gasteiger partial charge in [-0.3, -0.25) is 0 Å². The fourth-order valence-electron chi connectivity index (χ4n) is 3.59. The van der Waals surface area contributed by atoms with Crippen LogP contribution < -0.4 is 23.2 Å². The highest BCUT2D eigenvalue weighted by molar-refractivity contribution is 5.73. The first-order chi connectivity index (χ1) is 15.9. The van der Waals surface area contributed by atoms with Gasteiger partial charge in [-0.1, -0.05) is 66.7 Å². The minimum atomic E-state index is -4.94. The lowest BCUT2D eigenvalue weighted by Gasteiger charge is -2.17. The first kappa shape index (κ1) is 24.5. The van der Waals surface area contributed by atoms with Crippen molar-refractivity contribution < 1.29 is 38.6 Å². The molecule has 7 heteroatoms. The third-order valence-electron chi connectivity index (χ3n) is 4.95. The predicted octanol–water partition coefficient (Wildman–Crippen LogP) is 0.602. The van der Waals surface area contributed by atoms with Crippen LogP contribution in [0.5, 0.6) is 0 Å². The van der Waals surface area contributed by atoms with E-state index in [1.165, 1.54) is 22.3 Å². The van der Waals surface area contributed by atoms with Crippen LogP contribution in [-0.2, 0) is 6.54 Å². The summed E-state index contributed by atoms with van der Waals surface area (Å²) in [5, 5.41) is 9.47. The van der Waals surface area contributed by atoms with Gasteiger partial charge in [0.1, 0.15) is 0 Å². The average molecular weight is 466 g/mol. The fraction of sp³-hybridized carbons (Fsp3) is 0.115. The molecule has 6 nitrogen and oxygen atoms in total. The third-order valence-corrected chi connectivity index (χ3v) is 4.95. The van der Waals surface area contributed by atoms with E-state index < -0.39 is 10.2 Å². The Bertz CT molecular complexity index is 1070. The molecule has 0 aliphatic heterocycles. The van der Waals surface area contributed by atoms with Gasteiger partial charge in [-0.2, -0.15) is 4.57 Å². The molecular weight excluding hydrogens is 442 g/mol. The van der Waals surface area contributed by atoms with Gasteiger partial charge in [0.25, 0.3) is 0 Å². The quantitative estimate of drug-likeness (QED) is 0.418. The summed E-state index contributed by atoms with van der Waals surface area (Å²) in [6.07, 6.45) is 0.717. The molecule has 0 atom stereocenters. The first-order valence-corrected chi connectivity index (χ1v) is 11.6. The molecule has 0 spiro atoms. The summed E-state index contributed by atoms with van der Waals surface area (Å²) in [6.45, 7) is 0.940. The highest BCUT2D eigenvalue weighted by Gasteiger charge is 2.22. The summed E-state index contributed by atoms with van der Waals surface area (Å²) in [4.78, 5) is 0. The number of nitrogens with zero attached hydrogens (tertiary/aromatic N) is 1. The summed E-state index contributed by atoms with van der Waals surface area (Å²) in [5.41, 5.74) is 7.07. The second-order valence-corrected chi connectivity index (χ2v) is 7.98. The molecule has 0 amide bonds. The lowest BCUT2D eigenvalue weighted by molar-refractivity contribution is -2.00. The van der Waals surface area contributed by atoms with Crippen LogP contribution in [0.15, 0.2) is 103 Å². The topological polar surface area (TPSA) is 116 Å². The Morgan fingerprint density at radius 1 is 0.576 bits per heavy atom. The zero-order valence-electron chi connectivity index (χ0n) is 17.8. The van der Waals surface area contributed by atoms with Gasteiger partial charge in [0.2, 0.25) is 11.4 Å². The summed E-state index contributed by atoms with van der Waals surface area (Å²) in [5.74, 6) is 0. The van der Waals surface area contributed by atoms with Gasteiger partial charge in [0.15, 0.2) is 6.54 Å². The van der Waals surface area contributed by atoms with Crippen molar-refractivity contribution in [3.05, 3.63) is 103 Å². The van der Waals surface area contributed by atoms with Crippen molar-refractivity contribution in [2.75, 3.05) is 6.61 Å². The van der Waals surface area contributed by atoms with E-state index in [9.17, 15) is 5.11 Å². The van der Waals surface area contributed by atoms with Crippen LogP contribution >= 0.6 is 0 Å². The Kier molecular flexibility index (Phi) is 8.68. The Hall–Kier alpha value is -3.10. The molecule has 0 saturated heterocycles. The molecule has 1 heterocycles. The van der Waals surface area contributed by atoms with Crippen molar-refractivity contribution >= 4 is 0 Å². The molecule has 0 bridgehead atoms. The van der Waals surface area contributed by atoms with E-state index in [1.807, 2.05) is 18.2 Å². The Labute approximate surface area is 195 Å². The van der Waals surface area contributed by atoms with Crippen LogP contribution in [0, 0.1) is 10.2 Å². The zero-order chi connectivity index (χ0) is 23.7. The molecule has 33 heavy (non-hydrogen) atoms. The van der Waals surface area contributed by atoms with E-state index in [0.29, 0.717) is 0 Å². The SMILES string of the molecule is OCCC[n+]1c(-c2ccccc2)cc(-c2ccccc2)cc1-c1ccccc1.[O-][Cl+3]([O-])([O-])[O-]. The van der Waals surface area contributed by atoms with E-state index in [1.54, 1.807) is 0 Å². The van der Waals surface area contributed by atoms with Gasteiger partial charge in [0.05, 0.1) is 0 Å². The maximum absolute atomic E-state index is 9.47. The van der Waals surface area contributed by atoms with Gasteiger partial charge in [-0.15, -0.1) is 10.2 Å². The number of rotatable bonds is 6. The molecule has 4 rings (SSSR count). The lowest BCUT2D eigenvalue weighted by atomic mass is 9.99. The second-order valence-electron chi connectivity index (χ2n) is 7.22. The van der Waals surface area contributed by atoms with Crippen LogP contribution in [0.2, 0.25) is 0 Å². The molecule has 3 aromatic carbocycles. The van der Waals surface area contributed by atoms with Crippen molar-refractivity contribution in [2.45, 2.75) is 13.0 Å². The predicted molar refractivity (Wildman–Crippen MR) is 115 cm³/mol. The van der Waals surface area contributed by atoms with Crippen LogP contribution in [0.25, 0.3) is 33.6 Å². The Morgan fingerprint density at radius 2 is 0.939 bits per heavy atom. The van der Waals surface area contributed by atoms with Gasteiger partial charge in [-0.25, -0.2) is 18.6 Å². The minimum absolute atomic E-state index is 0.176. The van der Waals surface area contributed by atoms with Crippen LogP contribution in [0.4, 0.5) is 0 Å². The third kappa shape index (κ3) is 7.47. The molecule has 0 aliphatic rings. The van der Waals surface area contributed by atoms with Crippen molar-refractivity contribution in [3.8, 4) is 33.6 Å². The zero-order valence-corrected chi connectivity index (χ0v) is 18.6. The number of hydrogen-bond acceptors (Lipinski definition) is 5. The van der Waals surface area contributed by atoms with Crippen molar-refractivity contribution in [1.29, 1.82) is 0 Å². The molecule has 0 unspecified atom stereocenters. The monoisotopic (exact) mass is 465 g/mol. The van der Waals surface area contributed by atoms with Crippen molar-refractivity contribution in [1.82, 2.24) is 0 Å². The average Bonchev–Trinajstić information content (AvgIpc) is 2.83. The number of aliphatic hydroxyl groups excluding tert-OH is 1. The number of halogens is 1. The Morgan fingerprint density at radius 3 is 1.30 bits per heavy atom. The number of hydrogen-bond donors (Lipinski definition) is 1. The molecule has 0 saturated carbocycles. The Balaban J connectivity index is 0.000000555. The number of aromatic nitrogens is 1.